The van der Waals surface area contributed by atoms with E-state index in [-0.39, 0.29) is 17.7 Å². The van der Waals surface area contributed by atoms with Gasteiger partial charge in [-0.25, -0.2) is 0 Å². The number of carbonyl (C=O) groups is 3. The van der Waals surface area contributed by atoms with Crippen LogP contribution >= 0.6 is 0 Å². The second-order valence-corrected chi connectivity index (χ2v) is 7.07. The lowest BCUT2D eigenvalue weighted by Crippen LogP contribution is -2.35. The van der Waals surface area contributed by atoms with Gasteiger partial charge >= 0.3 is 0 Å². The van der Waals surface area contributed by atoms with Crippen LogP contribution in [0.5, 0.6) is 0 Å². The lowest BCUT2D eigenvalue weighted by Gasteiger charge is -2.17. The first-order chi connectivity index (χ1) is 12.8. The summed E-state index contributed by atoms with van der Waals surface area (Å²) in [5, 5.41) is 8.36. The molecule has 3 rings (SSSR count). The van der Waals surface area contributed by atoms with E-state index in [2.05, 4.69) is 16.0 Å². The number of nitrogens with one attached hydrogen (secondary N) is 3. The third-order valence-electron chi connectivity index (χ3n) is 4.71. The first-order valence-corrected chi connectivity index (χ1v) is 8.88. The SMILES string of the molecule is CC(=O)Nc1ccc(NC(=O)C2(C(=O)Nc3ccc(C)cc3C)CC2)cc1. The highest BCUT2D eigenvalue weighted by Crippen LogP contribution is 2.47. The summed E-state index contributed by atoms with van der Waals surface area (Å²) in [6, 6.07) is 12.6. The van der Waals surface area contributed by atoms with Gasteiger partial charge < -0.3 is 16.0 Å². The Balaban J connectivity index is 1.66. The van der Waals surface area contributed by atoms with Crippen LogP contribution in [0.3, 0.4) is 0 Å². The molecule has 1 aliphatic carbocycles. The minimum absolute atomic E-state index is 0.160. The lowest BCUT2D eigenvalue weighted by atomic mass is 10.0. The fraction of sp³-hybridized carbons (Fsp3) is 0.286. The van der Waals surface area contributed by atoms with E-state index in [0.29, 0.717) is 24.2 Å². The molecule has 140 valence electrons. The molecular weight excluding hydrogens is 342 g/mol. The summed E-state index contributed by atoms with van der Waals surface area (Å²) in [5.74, 6) is -0.745. The molecular formula is C21H23N3O3. The van der Waals surface area contributed by atoms with E-state index >= 15 is 0 Å². The minimum Gasteiger partial charge on any atom is -0.326 e. The van der Waals surface area contributed by atoms with Gasteiger partial charge in [-0.15, -0.1) is 0 Å². The molecule has 0 spiro atoms. The highest BCUT2D eigenvalue weighted by molar-refractivity contribution is 6.17. The van der Waals surface area contributed by atoms with Gasteiger partial charge in [0, 0.05) is 24.0 Å². The molecule has 0 radical (unpaired) electrons. The zero-order valence-corrected chi connectivity index (χ0v) is 15.7. The fourth-order valence-corrected chi connectivity index (χ4v) is 2.97. The Hall–Kier alpha value is -3.15. The third kappa shape index (κ3) is 4.16. The molecule has 6 nitrogen and oxygen atoms in total. The molecule has 0 unspecified atom stereocenters. The molecule has 0 heterocycles. The number of rotatable bonds is 5. The van der Waals surface area contributed by atoms with Crippen molar-refractivity contribution in [2.45, 2.75) is 33.6 Å². The van der Waals surface area contributed by atoms with Crippen LogP contribution in [0, 0.1) is 19.3 Å². The molecule has 3 N–H and O–H groups in total. The number of aryl methyl sites for hydroxylation is 2. The average molecular weight is 365 g/mol. The molecule has 0 aliphatic heterocycles. The van der Waals surface area contributed by atoms with Gasteiger partial charge in [-0.3, -0.25) is 14.4 Å². The van der Waals surface area contributed by atoms with Crippen LogP contribution in [-0.4, -0.2) is 17.7 Å². The van der Waals surface area contributed by atoms with E-state index in [0.717, 1.165) is 16.8 Å². The van der Waals surface area contributed by atoms with E-state index in [1.54, 1.807) is 24.3 Å². The Kier molecular flexibility index (Phi) is 4.99. The van der Waals surface area contributed by atoms with Crippen LogP contribution in [-0.2, 0) is 14.4 Å². The zero-order chi connectivity index (χ0) is 19.6. The van der Waals surface area contributed by atoms with Crippen molar-refractivity contribution in [1.29, 1.82) is 0 Å². The fourth-order valence-electron chi connectivity index (χ4n) is 2.97. The number of hydrogen-bond acceptors (Lipinski definition) is 3. The van der Waals surface area contributed by atoms with Crippen molar-refractivity contribution in [3.8, 4) is 0 Å². The standard InChI is InChI=1S/C21H23N3O3/c1-13-4-9-18(14(2)12-13)24-20(27)21(10-11-21)19(26)23-17-7-5-16(6-8-17)22-15(3)25/h4-9,12H,10-11H2,1-3H3,(H,22,25)(H,23,26)(H,24,27). The predicted molar refractivity (Wildman–Crippen MR) is 106 cm³/mol. The molecule has 3 amide bonds. The Morgan fingerprint density at radius 3 is 1.89 bits per heavy atom. The van der Waals surface area contributed by atoms with Crippen LogP contribution < -0.4 is 16.0 Å². The van der Waals surface area contributed by atoms with Crippen LogP contribution in [0.2, 0.25) is 0 Å². The highest BCUT2D eigenvalue weighted by Gasteiger charge is 2.56. The monoisotopic (exact) mass is 365 g/mol. The van der Waals surface area contributed by atoms with Crippen molar-refractivity contribution in [3.63, 3.8) is 0 Å². The molecule has 6 heteroatoms. The molecule has 0 aromatic heterocycles. The highest BCUT2D eigenvalue weighted by atomic mass is 16.2. The van der Waals surface area contributed by atoms with Gasteiger partial charge in [0.1, 0.15) is 5.41 Å². The van der Waals surface area contributed by atoms with Gasteiger partial charge in [0.15, 0.2) is 0 Å². The Labute approximate surface area is 158 Å². The Morgan fingerprint density at radius 1 is 0.815 bits per heavy atom. The summed E-state index contributed by atoms with van der Waals surface area (Å²) in [4.78, 5) is 36.5. The number of carbonyl (C=O) groups excluding carboxylic acids is 3. The van der Waals surface area contributed by atoms with Crippen molar-refractivity contribution in [1.82, 2.24) is 0 Å². The number of amides is 3. The largest absolute Gasteiger partial charge is 0.326 e. The van der Waals surface area contributed by atoms with E-state index in [1.165, 1.54) is 6.92 Å². The van der Waals surface area contributed by atoms with E-state index < -0.39 is 5.41 Å². The van der Waals surface area contributed by atoms with Gasteiger partial charge in [0.25, 0.3) is 0 Å². The van der Waals surface area contributed by atoms with Gasteiger partial charge in [-0.2, -0.15) is 0 Å². The summed E-state index contributed by atoms with van der Waals surface area (Å²) in [6.45, 7) is 5.35. The molecule has 0 bridgehead atoms. The van der Waals surface area contributed by atoms with E-state index in [4.69, 9.17) is 0 Å². The number of benzene rings is 2. The van der Waals surface area contributed by atoms with Crippen LogP contribution in [0.4, 0.5) is 17.1 Å². The quantitative estimate of drug-likeness (QED) is 0.707. The van der Waals surface area contributed by atoms with Gasteiger partial charge in [0.2, 0.25) is 17.7 Å². The maximum Gasteiger partial charge on any atom is 0.240 e. The molecule has 0 atom stereocenters. The van der Waals surface area contributed by atoms with Crippen molar-refractivity contribution < 1.29 is 14.4 Å². The Morgan fingerprint density at radius 2 is 1.37 bits per heavy atom. The van der Waals surface area contributed by atoms with Gasteiger partial charge in [-0.05, 0) is 62.6 Å². The summed E-state index contributed by atoms with van der Waals surface area (Å²) in [7, 11) is 0. The van der Waals surface area contributed by atoms with Crippen LogP contribution in [0.15, 0.2) is 42.5 Å². The first kappa shape index (κ1) is 18.6. The van der Waals surface area contributed by atoms with Crippen molar-refractivity contribution >= 4 is 34.8 Å². The second kappa shape index (κ2) is 7.23. The van der Waals surface area contributed by atoms with Gasteiger partial charge in [0.05, 0.1) is 0 Å². The molecule has 2 aromatic rings. The predicted octanol–water partition coefficient (Wildman–Crippen LogP) is 3.62. The zero-order valence-electron chi connectivity index (χ0n) is 15.7. The Bertz CT molecular complexity index is 899. The van der Waals surface area contributed by atoms with Crippen LogP contribution in [0.25, 0.3) is 0 Å². The van der Waals surface area contributed by atoms with Gasteiger partial charge in [-0.1, -0.05) is 17.7 Å². The normalized spacial score (nSPS) is 14.2. The van der Waals surface area contributed by atoms with E-state index in [9.17, 15) is 14.4 Å². The average Bonchev–Trinajstić information content (AvgIpc) is 3.40. The second-order valence-electron chi connectivity index (χ2n) is 7.07. The first-order valence-electron chi connectivity index (χ1n) is 8.88. The van der Waals surface area contributed by atoms with Crippen molar-refractivity contribution in [2.75, 3.05) is 16.0 Å². The molecule has 1 aliphatic rings. The summed E-state index contributed by atoms with van der Waals surface area (Å²) in [6.07, 6.45) is 1.05. The molecule has 27 heavy (non-hydrogen) atoms. The maximum absolute atomic E-state index is 12.7. The summed E-state index contributed by atoms with van der Waals surface area (Å²) < 4.78 is 0. The summed E-state index contributed by atoms with van der Waals surface area (Å²) >= 11 is 0. The topological polar surface area (TPSA) is 87.3 Å². The van der Waals surface area contributed by atoms with E-state index in [1.807, 2.05) is 32.0 Å². The lowest BCUT2D eigenvalue weighted by molar-refractivity contribution is -0.131. The molecule has 0 saturated heterocycles. The van der Waals surface area contributed by atoms with Crippen molar-refractivity contribution in [3.05, 3.63) is 53.6 Å². The summed E-state index contributed by atoms with van der Waals surface area (Å²) in [5.41, 5.74) is 3.02. The van der Waals surface area contributed by atoms with Crippen LogP contribution in [0.1, 0.15) is 30.9 Å². The molecule has 2 aromatic carbocycles. The third-order valence-corrected chi connectivity index (χ3v) is 4.71. The number of anilines is 3. The smallest absolute Gasteiger partial charge is 0.240 e. The molecule has 1 fully saturated rings. The van der Waals surface area contributed by atoms with Crippen molar-refractivity contribution in [2.24, 2.45) is 5.41 Å². The minimum atomic E-state index is -1.02. The maximum atomic E-state index is 12.7. The number of hydrogen-bond donors (Lipinski definition) is 3. The molecule has 1 saturated carbocycles.